The molecular weight excluding hydrogens is 114 g/mol. The first-order valence-corrected chi connectivity index (χ1v) is 3.57. The van der Waals surface area contributed by atoms with Crippen LogP contribution >= 0.6 is 0 Å². The summed E-state index contributed by atoms with van der Waals surface area (Å²) in [5.41, 5.74) is 0. The van der Waals surface area contributed by atoms with Crippen LogP contribution in [0.4, 0.5) is 0 Å². The number of likely N-dealkylation sites (N-methyl/N-ethyl adjacent to an activating group) is 1. The molecule has 0 bridgehead atoms. The van der Waals surface area contributed by atoms with Gasteiger partial charge in [-0.1, -0.05) is 6.92 Å². The van der Waals surface area contributed by atoms with Gasteiger partial charge in [-0.2, -0.15) is 0 Å². The maximum Gasteiger partial charge on any atom is 0.0589 e. The number of hydrogen-bond donors (Lipinski definition) is 1. The molecule has 1 unspecified atom stereocenters. The Morgan fingerprint density at radius 2 is 2.33 bits per heavy atom. The molecule has 9 heavy (non-hydrogen) atoms. The van der Waals surface area contributed by atoms with Crippen LogP contribution in [0.15, 0.2) is 0 Å². The second-order valence-corrected chi connectivity index (χ2v) is 3.00. The van der Waals surface area contributed by atoms with Gasteiger partial charge in [0, 0.05) is 6.04 Å². The average molecular weight is 129 g/mol. The van der Waals surface area contributed by atoms with Crippen LogP contribution in [0.2, 0.25) is 0 Å². The lowest BCUT2D eigenvalue weighted by Crippen LogP contribution is -2.31. The molecule has 1 saturated heterocycles. The van der Waals surface area contributed by atoms with E-state index in [1.165, 1.54) is 6.42 Å². The summed E-state index contributed by atoms with van der Waals surface area (Å²) in [6.45, 7) is 3.66. The minimum absolute atomic E-state index is 0.317. The summed E-state index contributed by atoms with van der Waals surface area (Å²) in [6, 6.07) is 0.421. The van der Waals surface area contributed by atoms with Crippen molar-refractivity contribution >= 4 is 0 Å². The highest BCUT2D eigenvalue weighted by molar-refractivity contribution is 4.81. The number of aliphatic hydroxyl groups is 1. The fourth-order valence-electron chi connectivity index (χ4n) is 1.52. The van der Waals surface area contributed by atoms with Crippen molar-refractivity contribution in [3.05, 3.63) is 0 Å². The molecule has 2 heteroatoms. The van der Waals surface area contributed by atoms with Crippen molar-refractivity contribution in [2.75, 3.05) is 20.2 Å². The Bertz CT molecular complexity index is 84.9. The second kappa shape index (κ2) is 2.67. The zero-order valence-electron chi connectivity index (χ0n) is 6.17. The van der Waals surface area contributed by atoms with E-state index in [2.05, 4.69) is 18.9 Å². The summed E-state index contributed by atoms with van der Waals surface area (Å²) in [5.74, 6) is 0.681. The van der Waals surface area contributed by atoms with Crippen molar-refractivity contribution < 1.29 is 5.11 Å². The summed E-state index contributed by atoms with van der Waals surface area (Å²) >= 11 is 0. The van der Waals surface area contributed by atoms with Crippen LogP contribution in [-0.2, 0) is 0 Å². The highest BCUT2D eigenvalue weighted by atomic mass is 16.3. The van der Waals surface area contributed by atoms with E-state index in [-0.39, 0.29) is 0 Å². The van der Waals surface area contributed by atoms with Crippen molar-refractivity contribution in [2.24, 2.45) is 5.92 Å². The Balaban J connectivity index is 2.44. The summed E-state index contributed by atoms with van der Waals surface area (Å²) < 4.78 is 0. The monoisotopic (exact) mass is 129 g/mol. The lowest BCUT2D eigenvalue weighted by Gasteiger charge is -2.19. The van der Waals surface area contributed by atoms with Crippen molar-refractivity contribution in [3.8, 4) is 0 Å². The van der Waals surface area contributed by atoms with Gasteiger partial charge in [0.2, 0.25) is 0 Å². The lowest BCUT2D eigenvalue weighted by atomic mass is 10.0. The molecule has 0 saturated carbocycles. The molecule has 1 fully saturated rings. The van der Waals surface area contributed by atoms with Crippen LogP contribution in [-0.4, -0.2) is 36.2 Å². The average Bonchev–Trinajstić information content (AvgIpc) is 2.12. The third-order valence-electron chi connectivity index (χ3n) is 2.35. The van der Waals surface area contributed by atoms with E-state index in [9.17, 15) is 0 Å². The molecule has 2 atom stereocenters. The third-order valence-corrected chi connectivity index (χ3v) is 2.35. The topological polar surface area (TPSA) is 23.5 Å². The molecule has 0 aliphatic carbocycles. The molecule has 0 aromatic rings. The first-order valence-electron chi connectivity index (χ1n) is 3.57. The molecule has 0 aromatic carbocycles. The SMILES string of the molecule is C[C@H]1CCN(C)C1CO. The molecule has 1 aliphatic rings. The minimum Gasteiger partial charge on any atom is -0.395 e. The fourth-order valence-corrected chi connectivity index (χ4v) is 1.52. The van der Waals surface area contributed by atoms with Gasteiger partial charge in [-0.25, -0.2) is 0 Å². The van der Waals surface area contributed by atoms with E-state index in [0.29, 0.717) is 18.6 Å². The molecule has 1 heterocycles. The van der Waals surface area contributed by atoms with E-state index in [1.807, 2.05) is 0 Å². The lowest BCUT2D eigenvalue weighted by molar-refractivity contribution is 0.160. The van der Waals surface area contributed by atoms with Crippen LogP contribution in [0.25, 0.3) is 0 Å². The van der Waals surface area contributed by atoms with E-state index in [0.717, 1.165) is 6.54 Å². The molecule has 1 N–H and O–H groups in total. The fraction of sp³-hybridized carbons (Fsp3) is 1.00. The van der Waals surface area contributed by atoms with Gasteiger partial charge < -0.3 is 10.0 Å². The number of hydrogen-bond acceptors (Lipinski definition) is 2. The normalized spacial score (nSPS) is 37.7. The van der Waals surface area contributed by atoms with Crippen molar-refractivity contribution in [3.63, 3.8) is 0 Å². The van der Waals surface area contributed by atoms with Crippen molar-refractivity contribution in [1.82, 2.24) is 4.90 Å². The smallest absolute Gasteiger partial charge is 0.0589 e. The summed E-state index contributed by atoms with van der Waals surface area (Å²) in [7, 11) is 2.07. The first kappa shape index (κ1) is 7.03. The molecule has 1 aliphatic heterocycles. The maximum atomic E-state index is 8.87. The van der Waals surface area contributed by atoms with Gasteiger partial charge in [0.1, 0.15) is 0 Å². The van der Waals surface area contributed by atoms with Gasteiger partial charge in [-0.3, -0.25) is 0 Å². The van der Waals surface area contributed by atoms with E-state index in [4.69, 9.17) is 5.11 Å². The first-order chi connectivity index (χ1) is 4.25. The van der Waals surface area contributed by atoms with Crippen LogP contribution in [0, 0.1) is 5.92 Å². The van der Waals surface area contributed by atoms with Gasteiger partial charge in [0.25, 0.3) is 0 Å². The standard InChI is InChI=1S/C7H15NO/c1-6-3-4-8(2)7(6)5-9/h6-7,9H,3-5H2,1-2H3/t6-,7?/m0/s1. The molecular formula is C7H15NO. The predicted molar refractivity (Wildman–Crippen MR) is 37.3 cm³/mol. The van der Waals surface area contributed by atoms with Gasteiger partial charge in [-0.15, -0.1) is 0 Å². The molecule has 1 rings (SSSR count). The number of rotatable bonds is 1. The maximum absolute atomic E-state index is 8.87. The van der Waals surface area contributed by atoms with Crippen molar-refractivity contribution in [2.45, 2.75) is 19.4 Å². The second-order valence-electron chi connectivity index (χ2n) is 3.00. The minimum atomic E-state index is 0.317. The van der Waals surface area contributed by atoms with Gasteiger partial charge in [0.05, 0.1) is 6.61 Å². The quantitative estimate of drug-likeness (QED) is 0.551. The highest BCUT2D eigenvalue weighted by Gasteiger charge is 2.26. The predicted octanol–water partition coefficient (Wildman–Crippen LogP) is 0.319. The largest absolute Gasteiger partial charge is 0.395 e. The molecule has 0 spiro atoms. The van der Waals surface area contributed by atoms with Gasteiger partial charge in [-0.05, 0) is 25.9 Å². The van der Waals surface area contributed by atoms with E-state index < -0.39 is 0 Å². The number of aliphatic hydroxyl groups excluding tert-OH is 1. The summed E-state index contributed by atoms with van der Waals surface area (Å²) in [5, 5.41) is 8.87. The van der Waals surface area contributed by atoms with Crippen LogP contribution in [0.5, 0.6) is 0 Å². The van der Waals surface area contributed by atoms with E-state index >= 15 is 0 Å². The summed E-state index contributed by atoms with van der Waals surface area (Å²) in [6.07, 6.45) is 1.24. The Kier molecular flexibility index (Phi) is 2.09. The Hall–Kier alpha value is -0.0800. The third kappa shape index (κ3) is 1.25. The Morgan fingerprint density at radius 1 is 1.67 bits per heavy atom. The van der Waals surface area contributed by atoms with Crippen LogP contribution in [0.3, 0.4) is 0 Å². The highest BCUT2D eigenvalue weighted by Crippen LogP contribution is 2.20. The summed E-state index contributed by atoms with van der Waals surface area (Å²) in [4.78, 5) is 2.23. The zero-order valence-corrected chi connectivity index (χ0v) is 6.17. The Morgan fingerprint density at radius 3 is 2.56 bits per heavy atom. The molecule has 0 amide bonds. The molecule has 54 valence electrons. The van der Waals surface area contributed by atoms with Crippen molar-refractivity contribution in [1.29, 1.82) is 0 Å². The number of nitrogens with zero attached hydrogens (tertiary/aromatic N) is 1. The van der Waals surface area contributed by atoms with Gasteiger partial charge >= 0.3 is 0 Å². The van der Waals surface area contributed by atoms with Crippen LogP contribution in [0.1, 0.15) is 13.3 Å². The van der Waals surface area contributed by atoms with Crippen LogP contribution < -0.4 is 0 Å². The number of likely N-dealkylation sites (tertiary alicyclic amines) is 1. The van der Waals surface area contributed by atoms with E-state index in [1.54, 1.807) is 0 Å². The Labute approximate surface area is 56.5 Å². The molecule has 0 radical (unpaired) electrons. The molecule has 0 aromatic heterocycles. The van der Waals surface area contributed by atoms with Gasteiger partial charge in [0.15, 0.2) is 0 Å². The molecule has 2 nitrogen and oxygen atoms in total. The zero-order chi connectivity index (χ0) is 6.85.